The molecule has 1 aliphatic rings. The number of hydrogen-bond acceptors (Lipinski definition) is 2. The minimum Gasteiger partial charge on any atom is -0.375 e. The number of ether oxygens (including phenoxy) is 1. The molecule has 0 N–H and O–H groups in total. The van der Waals surface area contributed by atoms with Crippen LogP contribution in [0.1, 0.15) is 26.2 Å². The molecule has 1 rings (SSSR count). The van der Waals surface area contributed by atoms with E-state index >= 15 is 0 Å². The van der Waals surface area contributed by atoms with Gasteiger partial charge in [0.2, 0.25) is 0 Å². The van der Waals surface area contributed by atoms with Gasteiger partial charge >= 0.3 is 0 Å². The van der Waals surface area contributed by atoms with E-state index in [-0.39, 0.29) is 10.8 Å². The molecule has 58 valence electrons. The summed E-state index contributed by atoms with van der Waals surface area (Å²) in [5.74, 6) is 0. The van der Waals surface area contributed by atoms with Gasteiger partial charge < -0.3 is 4.74 Å². The van der Waals surface area contributed by atoms with E-state index in [1.54, 1.807) is 0 Å². The third kappa shape index (κ3) is 2.39. The average Bonchev–Trinajstić information content (AvgIpc) is 2.13. The van der Waals surface area contributed by atoms with E-state index < -0.39 is 0 Å². The molecule has 2 atom stereocenters. The Labute approximate surface area is 69.1 Å². The Hall–Kier alpha value is 0.110. The second-order valence-electron chi connectivity index (χ2n) is 2.71. The molecule has 0 saturated carbocycles. The van der Waals surface area contributed by atoms with Crippen LogP contribution in [0.5, 0.6) is 0 Å². The first-order valence-electron chi connectivity index (χ1n) is 3.52. The lowest BCUT2D eigenvalue weighted by Crippen LogP contribution is -2.10. The molecule has 0 aliphatic carbocycles. The molecule has 1 fully saturated rings. The molecule has 2 nitrogen and oxygen atoms in total. The molecule has 0 spiro atoms. The van der Waals surface area contributed by atoms with Crippen molar-refractivity contribution in [3.8, 4) is 0 Å². The molecule has 0 amide bonds. The van der Waals surface area contributed by atoms with E-state index in [2.05, 4.69) is 15.9 Å². The molecule has 0 bridgehead atoms. The predicted molar refractivity (Wildman–Crippen MR) is 42.1 cm³/mol. The largest absolute Gasteiger partial charge is 0.375 e. The zero-order valence-electron chi connectivity index (χ0n) is 5.97. The van der Waals surface area contributed by atoms with Gasteiger partial charge in [-0.25, -0.2) is 0 Å². The summed E-state index contributed by atoms with van der Waals surface area (Å²) in [6.07, 6.45) is 3.15. The van der Waals surface area contributed by atoms with E-state index in [0.717, 1.165) is 12.8 Å². The van der Waals surface area contributed by atoms with Crippen LogP contribution in [-0.2, 0) is 9.53 Å². The molecule has 3 heteroatoms. The topological polar surface area (TPSA) is 26.3 Å². The maximum absolute atomic E-state index is 10.5. The van der Waals surface area contributed by atoms with Crippen LogP contribution in [0.15, 0.2) is 0 Å². The lowest BCUT2D eigenvalue weighted by atomic mass is 10.2. The van der Waals surface area contributed by atoms with Gasteiger partial charge in [-0.2, -0.15) is 0 Å². The van der Waals surface area contributed by atoms with E-state index in [0.29, 0.717) is 12.5 Å². The van der Waals surface area contributed by atoms with Gasteiger partial charge in [0.05, 0.1) is 12.2 Å². The Morgan fingerprint density at radius 2 is 2.40 bits per heavy atom. The summed E-state index contributed by atoms with van der Waals surface area (Å²) in [4.78, 5) is 10.5. The fourth-order valence-corrected chi connectivity index (χ4v) is 1.58. The van der Waals surface area contributed by atoms with Gasteiger partial charge in [0.25, 0.3) is 0 Å². The number of carbonyl (C=O) groups excluding carboxylic acids is 1. The average molecular weight is 207 g/mol. The minimum atomic E-state index is 0.0478. The first-order chi connectivity index (χ1) is 4.68. The second kappa shape index (κ2) is 3.49. The Bertz CT molecular complexity index is 136. The highest BCUT2D eigenvalue weighted by atomic mass is 79.9. The second-order valence-corrected chi connectivity index (χ2v) is 3.59. The molecular weight excluding hydrogens is 196 g/mol. The summed E-state index contributed by atoms with van der Waals surface area (Å²) in [5, 5.41) is 0. The fraction of sp³-hybridized carbons (Fsp3) is 0.857. The molecule has 1 aliphatic heterocycles. The summed E-state index contributed by atoms with van der Waals surface area (Å²) >= 11 is 2.89. The fourth-order valence-electron chi connectivity index (χ4n) is 1.21. The van der Waals surface area contributed by atoms with Gasteiger partial charge in [0, 0.05) is 6.42 Å². The number of halogens is 1. The van der Waals surface area contributed by atoms with Crippen molar-refractivity contribution < 1.29 is 9.53 Å². The smallest absolute Gasteiger partial charge is 0.200 e. The lowest BCUT2D eigenvalue weighted by Gasteiger charge is -2.06. The van der Waals surface area contributed by atoms with Crippen LogP contribution in [-0.4, -0.2) is 16.9 Å². The Kier molecular flexibility index (Phi) is 2.86. The van der Waals surface area contributed by atoms with Crippen LogP contribution < -0.4 is 0 Å². The van der Waals surface area contributed by atoms with Crippen molar-refractivity contribution in [1.29, 1.82) is 0 Å². The SMILES string of the molecule is CC1CCC(CC(=O)Br)O1. The maximum Gasteiger partial charge on any atom is 0.200 e. The molecular formula is C7H11BrO2. The zero-order chi connectivity index (χ0) is 7.56. The Balaban J connectivity index is 2.24. The third-order valence-electron chi connectivity index (χ3n) is 1.71. The van der Waals surface area contributed by atoms with Crippen LogP contribution in [0.2, 0.25) is 0 Å². The van der Waals surface area contributed by atoms with Gasteiger partial charge in [0.15, 0.2) is 4.69 Å². The van der Waals surface area contributed by atoms with Crippen LogP contribution in [0, 0.1) is 0 Å². The van der Waals surface area contributed by atoms with Crippen LogP contribution >= 0.6 is 15.9 Å². The standard InChI is InChI=1S/C7H11BrO2/c1-5-2-3-6(10-5)4-7(8)9/h5-6H,2-4H2,1H3. The molecule has 0 radical (unpaired) electrons. The van der Waals surface area contributed by atoms with Crippen LogP contribution in [0.25, 0.3) is 0 Å². The zero-order valence-corrected chi connectivity index (χ0v) is 7.56. The molecule has 0 aromatic heterocycles. The van der Waals surface area contributed by atoms with Crippen LogP contribution in [0.4, 0.5) is 0 Å². The normalized spacial score (nSPS) is 32.6. The van der Waals surface area contributed by atoms with E-state index in [1.807, 2.05) is 6.92 Å². The molecule has 1 saturated heterocycles. The minimum absolute atomic E-state index is 0.0478. The lowest BCUT2D eigenvalue weighted by molar-refractivity contribution is -0.112. The van der Waals surface area contributed by atoms with Crippen molar-refractivity contribution in [3.05, 3.63) is 0 Å². The molecule has 0 aromatic rings. The molecule has 1 heterocycles. The van der Waals surface area contributed by atoms with Gasteiger partial charge in [-0.3, -0.25) is 4.79 Å². The van der Waals surface area contributed by atoms with Gasteiger partial charge in [-0.15, -0.1) is 0 Å². The van der Waals surface area contributed by atoms with Crippen LogP contribution in [0.3, 0.4) is 0 Å². The van der Waals surface area contributed by atoms with Crippen molar-refractivity contribution in [2.24, 2.45) is 0 Å². The Morgan fingerprint density at radius 3 is 2.80 bits per heavy atom. The van der Waals surface area contributed by atoms with Gasteiger partial charge in [0.1, 0.15) is 0 Å². The van der Waals surface area contributed by atoms with Crippen molar-refractivity contribution in [1.82, 2.24) is 0 Å². The third-order valence-corrected chi connectivity index (χ3v) is 2.03. The summed E-state index contributed by atoms with van der Waals surface area (Å²) in [7, 11) is 0. The van der Waals surface area contributed by atoms with E-state index in [1.165, 1.54) is 0 Å². The molecule has 2 unspecified atom stereocenters. The summed E-state index contributed by atoms with van der Waals surface area (Å²) in [5.41, 5.74) is 0. The van der Waals surface area contributed by atoms with Gasteiger partial charge in [-0.1, -0.05) is 0 Å². The van der Waals surface area contributed by atoms with Crippen molar-refractivity contribution >= 4 is 20.6 Å². The van der Waals surface area contributed by atoms with Crippen molar-refractivity contribution in [3.63, 3.8) is 0 Å². The number of carbonyl (C=O) groups is 1. The van der Waals surface area contributed by atoms with Gasteiger partial charge in [-0.05, 0) is 35.7 Å². The summed E-state index contributed by atoms with van der Waals surface area (Å²) in [6, 6.07) is 0. The van der Waals surface area contributed by atoms with E-state index in [9.17, 15) is 4.79 Å². The highest BCUT2D eigenvalue weighted by Gasteiger charge is 2.22. The summed E-state index contributed by atoms with van der Waals surface area (Å²) < 4.78 is 5.47. The highest BCUT2D eigenvalue weighted by Crippen LogP contribution is 2.22. The Morgan fingerprint density at radius 1 is 1.70 bits per heavy atom. The monoisotopic (exact) mass is 206 g/mol. The first-order valence-corrected chi connectivity index (χ1v) is 4.31. The number of hydrogen-bond donors (Lipinski definition) is 0. The quantitative estimate of drug-likeness (QED) is 0.646. The van der Waals surface area contributed by atoms with E-state index in [4.69, 9.17) is 4.74 Å². The first kappa shape index (κ1) is 8.21. The molecule has 10 heavy (non-hydrogen) atoms. The predicted octanol–water partition coefficient (Wildman–Crippen LogP) is 1.87. The van der Waals surface area contributed by atoms with Crippen molar-refractivity contribution in [2.45, 2.75) is 38.4 Å². The summed E-state index contributed by atoms with van der Waals surface area (Å²) in [6.45, 7) is 2.04. The maximum atomic E-state index is 10.5. The highest BCUT2D eigenvalue weighted by molar-refractivity contribution is 9.18. The number of rotatable bonds is 2. The molecule has 0 aromatic carbocycles. The van der Waals surface area contributed by atoms with Crippen molar-refractivity contribution in [2.75, 3.05) is 0 Å².